The van der Waals surface area contributed by atoms with Crippen molar-refractivity contribution in [3.63, 3.8) is 0 Å². The number of hydrogen-bond acceptors (Lipinski definition) is 5. The summed E-state index contributed by atoms with van der Waals surface area (Å²) < 4.78 is -0.628. The monoisotopic (exact) mass is 168 g/mol. The fourth-order valence-corrected chi connectivity index (χ4v) is 0.450. The summed E-state index contributed by atoms with van der Waals surface area (Å²) in [6, 6.07) is 0. The second-order valence-corrected chi connectivity index (χ2v) is 3.28. The Morgan fingerprint density at radius 3 is 1.09 bits per heavy atom. The highest BCUT2D eigenvalue weighted by molar-refractivity contribution is 4.59. The fraction of sp³-hybridized carbons (Fsp3) is 1.00. The third kappa shape index (κ3) is 1.86. The minimum Gasteiger partial charge on any atom is -0.334 e. The molecule has 0 aliphatic heterocycles. The van der Waals surface area contributed by atoms with Crippen LogP contribution in [-0.4, -0.2) is 63.0 Å². The van der Waals surface area contributed by atoms with Gasteiger partial charge < -0.3 is 25.5 Å². The van der Waals surface area contributed by atoms with Crippen LogP contribution in [0.15, 0.2) is 0 Å². The molecule has 0 amide bonds. The van der Waals surface area contributed by atoms with Crippen LogP contribution in [0.2, 0.25) is 0 Å². The Labute approximate surface area is 64.1 Å². The molecule has 6 nitrogen and oxygen atoms in total. The molecule has 0 aromatic rings. The van der Waals surface area contributed by atoms with E-state index in [2.05, 4.69) is 0 Å². The van der Waals surface area contributed by atoms with Crippen LogP contribution >= 0.6 is 0 Å². The summed E-state index contributed by atoms with van der Waals surface area (Å²) in [7, 11) is 3.83. The van der Waals surface area contributed by atoms with Crippen molar-refractivity contribution in [2.24, 2.45) is 0 Å². The van der Waals surface area contributed by atoms with Gasteiger partial charge in [0.1, 0.15) is 0 Å². The van der Waals surface area contributed by atoms with Crippen molar-refractivity contribution in [1.82, 2.24) is 0 Å². The van der Waals surface area contributed by atoms with Crippen molar-refractivity contribution in [2.75, 3.05) is 21.1 Å². The van der Waals surface area contributed by atoms with Gasteiger partial charge in [0, 0.05) is 0 Å². The third-order valence-electron chi connectivity index (χ3n) is 1.39. The van der Waals surface area contributed by atoms with Crippen LogP contribution in [0, 0.1) is 0 Å². The van der Waals surface area contributed by atoms with Crippen LogP contribution in [0.25, 0.3) is 0 Å². The number of hydrogen-bond donors (Lipinski definition) is 5. The number of nitrogens with zero attached hydrogens (tertiary/aromatic N) is 1. The maximum absolute atomic E-state index is 8.97. The Balaban J connectivity index is 4.75. The number of quaternary nitrogens is 1. The molecule has 0 aliphatic carbocycles. The first-order valence-corrected chi connectivity index (χ1v) is 2.93. The second-order valence-electron chi connectivity index (χ2n) is 3.28. The largest absolute Gasteiger partial charge is 0.399 e. The van der Waals surface area contributed by atoms with E-state index in [-0.39, 0.29) is 0 Å². The lowest BCUT2D eigenvalue weighted by molar-refractivity contribution is -1.00. The highest BCUT2D eigenvalue weighted by Crippen LogP contribution is 2.21. The van der Waals surface area contributed by atoms with E-state index < -0.39 is 16.4 Å². The fourth-order valence-electron chi connectivity index (χ4n) is 0.450. The number of rotatable bonds is 2. The molecule has 0 rings (SSSR count). The molecule has 0 radical (unpaired) electrons. The quantitative estimate of drug-likeness (QED) is 0.223. The first-order valence-electron chi connectivity index (χ1n) is 2.93. The van der Waals surface area contributed by atoms with Gasteiger partial charge in [-0.2, -0.15) is 0 Å². The van der Waals surface area contributed by atoms with Crippen molar-refractivity contribution in [3.8, 4) is 0 Å². The van der Waals surface area contributed by atoms with Gasteiger partial charge in [0.05, 0.1) is 21.1 Å². The third-order valence-corrected chi connectivity index (χ3v) is 1.39. The van der Waals surface area contributed by atoms with E-state index in [1.165, 1.54) is 21.1 Å². The Bertz CT molecular complexity index is 126. The zero-order valence-corrected chi connectivity index (χ0v) is 6.68. The van der Waals surface area contributed by atoms with E-state index in [1.54, 1.807) is 0 Å². The first kappa shape index (κ1) is 10.8. The summed E-state index contributed by atoms with van der Waals surface area (Å²) in [5.41, 5.74) is 0. The van der Waals surface area contributed by atoms with Crippen LogP contribution in [0.5, 0.6) is 0 Å². The molecule has 0 aliphatic rings. The predicted molar refractivity (Wildman–Crippen MR) is 34.6 cm³/mol. The summed E-state index contributed by atoms with van der Waals surface area (Å²) in [5, 5.41) is 43.4. The minimum absolute atomic E-state index is 0.628. The van der Waals surface area contributed by atoms with Crippen molar-refractivity contribution < 1.29 is 30.0 Å². The van der Waals surface area contributed by atoms with Crippen molar-refractivity contribution in [2.45, 2.75) is 11.9 Å². The molecule has 68 valence electrons. The molecule has 0 fully saturated rings. The predicted octanol–water partition coefficient (Wildman–Crippen LogP) is -3.04. The molecule has 6 heteroatoms. The van der Waals surface area contributed by atoms with Gasteiger partial charge in [0.2, 0.25) is 0 Å². The summed E-state index contributed by atoms with van der Waals surface area (Å²) in [6.45, 7) is 0. The molecular weight excluding hydrogens is 154 g/mol. The minimum atomic E-state index is -3.54. The molecule has 0 unspecified atom stereocenters. The molecule has 0 saturated carbocycles. The summed E-state index contributed by atoms with van der Waals surface area (Å²) >= 11 is 0. The molecule has 0 aromatic carbocycles. The zero-order valence-electron chi connectivity index (χ0n) is 6.68. The second kappa shape index (κ2) is 2.37. The summed E-state index contributed by atoms with van der Waals surface area (Å²) in [5.74, 6) is -6.56. The Hall–Kier alpha value is -0.240. The van der Waals surface area contributed by atoms with Crippen molar-refractivity contribution >= 4 is 0 Å². The van der Waals surface area contributed by atoms with E-state index in [1.807, 2.05) is 0 Å². The molecule has 0 aromatic heterocycles. The van der Waals surface area contributed by atoms with Crippen LogP contribution in [0.1, 0.15) is 0 Å². The van der Waals surface area contributed by atoms with E-state index in [9.17, 15) is 0 Å². The smallest absolute Gasteiger partial charge is 0.334 e. The lowest BCUT2D eigenvalue weighted by Crippen LogP contribution is -2.70. The summed E-state index contributed by atoms with van der Waals surface area (Å²) in [6.07, 6.45) is 0. The maximum atomic E-state index is 8.97. The normalized spacial score (nSPS) is 15.3. The van der Waals surface area contributed by atoms with E-state index in [4.69, 9.17) is 25.5 Å². The van der Waals surface area contributed by atoms with E-state index in [0.717, 1.165) is 0 Å². The van der Waals surface area contributed by atoms with Gasteiger partial charge in [0.15, 0.2) is 0 Å². The Morgan fingerprint density at radius 2 is 1.09 bits per heavy atom. The van der Waals surface area contributed by atoms with Gasteiger partial charge in [-0.05, 0) is 0 Å². The highest BCUT2D eigenvalue weighted by Gasteiger charge is 2.58. The molecule has 5 N–H and O–H groups in total. The van der Waals surface area contributed by atoms with Crippen LogP contribution in [-0.2, 0) is 0 Å². The van der Waals surface area contributed by atoms with E-state index >= 15 is 0 Å². The van der Waals surface area contributed by atoms with Gasteiger partial charge >= 0.3 is 11.9 Å². The highest BCUT2D eigenvalue weighted by atomic mass is 16.7. The molecule has 0 spiro atoms. The maximum Gasteiger partial charge on any atom is 0.399 e. The summed E-state index contributed by atoms with van der Waals surface area (Å²) in [4.78, 5) is 0. The number of likely N-dealkylation sites (N-methyl/N-ethyl adjacent to an activating group) is 1. The van der Waals surface area contributed by atoms with Gasteiger partial charge in [-0.3, -0.25) is 4.48 Å². The average Bonchev–Trinajstić information content (AvgIpc) is 1.58. The molecule has 0 atom stereocenters. The van der Waals surface area contributed by atoms with Crippen LogP contribution in [0.3, 0.4) is 0 Å². The van der Waals surface area contributed by atoms with Crippen molar-refractivity contribution in [3.05, 3.63) is 0 Å². The van der Waals surface area contributed by atoms with Gasteiger partial charge in [0.25, 0.3) is 0 Å². The van der Waals surface area contributed by atoms with Gasteiger partial charge in [-0.15, -0.1) is 0 Å². The van der Waals surface area contributed by atoms with Crippen molar-refractivity contribution in [1.29, 1.82) is 0 Å². The molecule has 0 saturated heterocycles. The van der Waals surface area contributed by atoms with Crippen LogP contribution in [0.4, 0.5) is 0 Å². The SMILES string of the molecule is C[N+](C)(C)C(O)(O)C(O)(O)O. The zero-order chi connectivity index (χ0) is 9.50. The average molecular weight is 168 g/mol. The standard InChI is InChI=1S/C5H14NO5/c1-6(2,3)4(7,8)5(9,10)11/h7-11H,1-3H3/q+1. The molecule has 0 bridgehead atoms. The van der Waals surface area contributed by atoms with Gasteiger partial charge in [-0.1, -0.05) is 0 Å². The molecular formula is C5H14NO5+. The Morgan fingerprint density at radius 1 is 0.818 bits per heavy atom. The number of aliphatic hydroxyl groups is 5. The van der Waals surface area contributed by atoms with E-state index in [0.29, 0.717) is 0 Å². The Kier molecular flexibility index (Phi) is 2.32. The lowest BCUT2D eigenvalue weighted by Gasteiger charge is -2.40. The molecule has 11 heavy (non-hydrogen) atoms. The molecule has 0 heterocycles. The first-order chi connectivity index (χ1) is 4.50. The lowest BCUT2D eigenvalue weighted by atomic mass is 10.3. The van der Waals surface area contributed by atoms with Gasteiger partial charge in [-0.25, -0.2) is 0 Å². The van der Waals surface area contributed by atoms with Crippen LogP contribution < -0.4 is 0 Å². The topological polar surface area (TPSA) is 101 Å².